The standard InChI is InChI=1S/C26H27ClO2SSi/c1-16-13-19-15-20(31(4,5)6)11-12-22(19)23(25(16)29-3)24-21-10-8-7-9-18(21)14-17(2)26(24)30(27)28/h7-15H,1-6H3. The van der Waals surface area contributed by atoms with Gasteiger partial charge in [-0.2, -0.15) is 0 Å². The average Bonchev–Trinajstić information content (AvgIpc) is 2.70. The minimum Gasteiger partial charge on any atom is -0.496 e. The van der Waals surface area contributed by atoms with Crippen LogP contribution in [-0.2, 0) is 10.0 Å². The maximum atomic E-state index is 12.8. The molecule has 0 aliphatic carbocycles. The van der Waals surface area contributed by atoms with E-state index in [1.165, 1.54) is 10.6 Å². The van der Waals surface area contributed by atoms with Gasteiger partial charge in [0.05, 0.1) is 20.1 Å². The highest BCUT2D eigenvalue weighted by Gasteiger charge is 2.24. The van der Waals surface area contributed by atoms with E-state index in [-0.39, 0.29) is 0 Å². The van der Waals surface area contributed by atoms with Gasteiger partial charge in [-0.05, 0) is 63.3 Å². The predicted molar refractivity (Wildman–Crippen MR) is 138 cm³/mol. The zero-order chi connectivity index (χ0) is 22.5. The van der Waals surface area contributed by atoms with Crippen molar-refractivity contribution in [2.45, 2.75) is 38.4 Å². The van der Waals surface area contributed by atoms with E-state index in [9.17, 15) is 4.21 Å². The maximum Gasteiger partial charge on any atom is 0.148 e. The van der Waals surface area contributed by atoms with Gasteiger partial charge in [-0.1, -0.05) is 73.4 Å². The first kappa shape index (κ1) is 22.1. The second-order valence-electron chi connectivity index (χ2n) is 9.13. The summed E-state index contributed by atoms with van der Waals surface area (Å²) >= 11 is 0. The Morgan fingerprint density at radius 3 is 2.13 bits per heavy atom. The fraction of sp³-hybridized carbons (Fsp3) is 0.231. The quantitative estimate of drug-likeness (QED) is 0.237. The second kappa shape index (κ2) is 8.08. The van der Waals surface area contributed by atoms with Crippen LogP contribution in [0.2, 0.25) is 19.6 Å². The summed E-state index contributed by atoms with van der Waals surface area (Å²) in [6.45, 7) is 11.1. The average molecular weight is 467 g/mol. The molecule has 0 bridgehead atoms. The van der Waals surface area contributed by atoms with Gasteiger partial charge in [0.25, 0.3) is 0 Å². The van der Waals surface area contributed by atoms with Crippen molar-refractivity contribution in [1.29, 1.82) is 0 Å². The molecule has 0 fully saturated rings. The van der Waals surface area contributed by atoms with E-state index in [2.05, 4.69) is 69.0 Å². The Kier molecular flexibility index (Phi) is 5.75. The maximum absolute atomic E-state index is 12.8. The minimum atomic E-state index is -1.66. The Morgan fingerprint density at radius 2 is 1.48 bits per heavy atom. The number of halogens is 1. The highest BCUT2D eigenvalue weighted by atomic mass is 35.7. The monoisotopic (exact) mass is 466 g/mol. The molecule has 31 heavy (non-hydrogen) atoms. The molecule has 0 aromatic heterocycles. The third-order valence-electron chi connectivity index (χ3n) is 5.95. The number of hydrogen-bond acceptors (Lipinski definition) is 2. The van der Waals surface area contributed by atoms with Crippen molar-refractivity contribution in [1.82, 2.24) is 0 Å². The molecule has 4 aromatic carbocycles. The summed E-state index contributed by atoms with van der Waals surface area (Å²) in [5, 5.41) is 5.78. The van der Waals surface area contributed by atoms with Gasteiger partial charge in [-0.25, -0.2) is 4.21 Å². The molecule has 5 heteroatoms. The van der Waals surface area contributed by atoms with Gasteiger partial charge in [-0.3, -0.25) is 0 Å². The van der Waals surface area contributed by atoms with Crippen molar-refractivity contribution in [2.24, 2.45) is 0 Å². The molecule has 0 spiro atoms. The molecule has 0 N–H and O–H groups in total. The van der Waals surface area contributed by atoms with Crippen molar-refractivity contribution >= 4 is 55.5 Å². The number of aryl methyl sites for hydroxylation is 2. The highest BCUT2D eigenvalue weighted by Crippen LogP contribution is 2.46. The Bertz CT molecular complexity index is 1360. The lowest BCUT2D eigenvalue weighted by molar-refractivity contribution is 0.414. The first-order chi connectivity index (χ1) is 14.6. The van der Waals surface area contributed by atoms with Crippen molar-refractivity contribution in [3.63, 3.8) is 0 Å². The molecule has 0 saturated heterocycles. The molecular formula is C26H27ClO2SSi. The van der Waals surface area contributed by atoms with Crippen LogP contribution >= 0.6 is 10.7 Å². The van der Waals surface area contributed by atoms with Gasteiger partial charge >= 0.3 is 0 Å². The van der Waals surface area contributed by atoms with Crippen LogP contribution in [0.5, 0.6) is 5.75 Å². The lowest BCUT2D eigenvalue weighted by atomic mass is 9.90. The molecule has 0 aliphatic heterocycles. The molecule has 0 aliphatic rings. The van der Waals surface area contributed by atoms with Crippen LogP contribution in [-0.4, -0.2) is 19.4 Å². The topological polar surface area (TPSA) is 26.3 Å². The number of fused-ring (bicyclic) bond motifs is 2. The highest BCUT2D eigenvalue weighted by molar-refractivity contribution is 8.08. The molecule has 0 radical (unpaired) electrons. The van der Waals surface area contributed by atoms with Gasteiger partial charge in [0.1, 0.15) is 15.8 Å². The normalized spacial score (nSPS) is 13.0. The van der Waals surface area contributed by atoms with E-state index < -0.39 is 18.1 Å². The van der Waals surface area contributed by atoms with Gasteiger partial charge < -0.3 is 4.74 Å². The number of rotatable bonds is 4. The number of benzene rings is 4. The van der Waals surface area contributed by atoms with Gasteiger partial charge in [0.2, 0.25) is 0 Å². The second-order valence-corrected chi connectivity index (χ2v) is 15.9. The van der Waals surface area contributed by atoms with Gasteiger partial charge in [-0.15, -0.1) is 0 Å². The van der Waals surface area contributed by atoms with Crippen LogP contribution in [0.15, 0.2) is 59.5 Å². The third kappa shape index (κ3) is 3.82. The van der Waals surface area contributed by atoms with Gasteiger partial charge in [0.15, 0.2) is 0 Å². The number of ether oxygens (including phenoxy) is 1. The largest absolute Gasteiger partial charge is 0.496 e. The fourth-order valence-corrected chi connectivity index (χ4v) is 6.88. The van der Waals surface area contributed by atoms with E-state index in [0.717, 1.165) is 44.2 Å². The zero-order valence-electron chi connectivity index (χ0n) is 18.8. The molecule has 1 unspecified atom stereocenters. The SMILES string of the molecule is COc1c(C)cc2cc([Si](C)(C)C)ccc2c1-c1c(S(=O)Cl)c(C)cc2ccccc12. The minimum absolute atomic E-state index is 0.653. The molecule has 2 nitrogen and oxygen atoms in total. The first-order valence-electron chi connectivity index (χ1n) is 10.4. The Balaban J connectivity index is 2.24. The number of hydrogen-bond donors (Lipinski definition) is 0. The van der Waals surface area contributed by atoms with E-state index in [4.69, 9.17) is 15.4 Å². The van der Waals surface area contributed by atoms with Crippen LogP contribution in [0.1, 0.15) is 11.1 Å². The van der Waals surface area contributed by atoms with Crippen molar-refractivity contribution < 1.29 is 8.95 Å². The van der Waals surface area contributed by atoms with Crippen molar-refractivity contribution in [3.8, 4) is 16.9 Å². The fourth-order valence-electron chi connectivity index (χ4n) is 4.43. The molecular weight excluding hydrogens is 440 g/mol. The van der Waals surface area contributed by atoms with Crippen molar-refractivity contribution in [3.05, 3.63) is 65.7 Å². The van der Waals surface area contributed by atoms with Crippen molar-refractivity contribution in [2.75, 3.05) is 7.11 Å². The lowest BCUT2D eigenvalue weighted by Gasteiger charge is -2.22. The third-order valence-corrected chi connectivity index (χ3v) is 9.30. The van der Waals surface area contributed by atoms with Gasteiger partial charge in [0, 0.05) is 11.1 Å². The Hall–Kier alpha value is -2.14. The molecule has 0 heterocycles. The molecule has 160 valence electrons. The molecule has 1 atom stereocenters. The summed E-state index contributed by atoms with van der Waals surface area (Å²) < 4.78 is 18.7. The summed E-state index contributed by atoms with van der Waals surface area (Å²) in [5.41, 5.74) is 3.82. The predicted octanol–water partition coefficient (Wildman–Crippen LogP) is 7.09. The molecule has 0 saturated carbocycles. The molecule has 4 aromatic rings. The lowest BCUT2D eigenvalue weighted by Crippen LogP contribution is -2.37. The summed E-state index contributed by atoms with van der Waals surface area (Å²) in [5.74, 6) is 0.798. The van der Waals surface area contributed by atoms with E-state index in [1.54, 1.807) is 7.11 Å². The summed E-state index contributed by atoms with van der Waals surface area (Å²) in [7, 11) is 4.84. The summed E-state index contributed by atoms with van der Waals surface area (Å²) in [4.78, 5) is 0.653. The van der Waals surface area contributed by atoms with Crippen LogP contribution in [0, 0.1) is 13.8 Å². The Labute approximate surface area is 192 Å². The molecule has 0 amide bonds. The summed E-state index contributed by atoms with van der Waals surface area (Å²) in [6.07, 6.45) is 0. The van der Waals surface area contributed by atoms with Crippen LogP contribution in [0.25, 0.3) is 32.7 Å². The summed E-state index contributed by atoms with van der Waals surface area (Å²) in [6, 6.07) is 19.2. The number of methoxy groups -OCH3 is 1. The first-order valence-corrected chi connectivity index (χ1v) is 15.8. The Morgan fingerprint density at radius 1 is 0.839 bits per heavy atom. The smallest absolute Gasteiger partial charge is 0.148 e. The molecule has 4 rings (SSSR count). The van der Waals surface area contributed by atoms with Crippen LogP contribution < -0.4 is 9.92 Å². The van der Waals surface area contributed by atoms with Crippen LogP contribution in [0.3, 0.4) is 0 Å². The zero-order valence-corrected chi connectivity index (χ0v) is 21.4. The van der Waals surface area contributed by atoms with E-state index in [1.807, 2.05) is 19.1 Å². The van der Waals surface area contributed by atoms with E-state index >= 15 is 0 Å². The van der Waals surface area contributed by atoms with Crippen LogP contribution in [0.4, 0.5) is 0 Å². The van der Waals surface area contributed by atoms with E-state index in [0.29, 0.717) is 4.90 Å².